The maximum atomic E-state index is 13.1. The van der Waals surface area contributed by atoms with Crippen LogP contribution in [0.1, 0.15) is 16.7 Å². The van der Waals surface area contributed by atoms with Crippen LogP contribution in [-0.2, 0) is 21.4 Å². The Hall–Kier alpha value is -4.18. The number of benzene rings is 3. The van der Waals surface area contributed by atoms with Crippen molar-refractivity contribution >= 4 is 38.1 Å². The van der Waals surface area contributed by atoms with E-state index in [0.717, 1.165) is 15.8 Å². The number of aromatic amines is 1. The van der Waals surface area contributed by atoms with Crippen molar-refractivity contribution in [2.45, 2.75) is 32.2 Å². The molecule has 3 aromatic carbocycles. The predicted molar refractivity (Wildman–Crippen MR) is 135 cm³/mol. The lowest BCUT2D eigenvalue weighted by atomic mass is 10.1. The molecule has 0 aliphatic heterocycles. The van der Waals surface area contributed by atoms with Crippen LogP contribution in [0.25, 0.3) is 10.8 Å². The minimum Gasteiger partial charge on any atom is -0.324 e. The lowest BCUT2D eigenvalue weighted by Crippen LogP contribution is -2.34. The number of hydrogen-bond donors (Lipinski definition) is 3. The molecule has 0 aliphatic rings. The summed E-state index contributed by atoms with van der Waals surface area (Å²) in [5, 5.41) is 5.43. The fourth-order valence-corrected chi connectivity index (χ4v) is 5.20. The number of hydrogen-bond acceptors (Lipinski definition) is 5. The third kappa shape index (κ3) is 5.02. The van der Waals surface area contributed by atoms with Gasteiger partial charge >= 0.3 is 0 Å². The normalized spacial score (nSPS) is 11.4. The first-order valence-electron chi connectivity index (χ1n) is 10.8. The molecular weight excluding hydrogens is 468 g/mol. The summed E-state index contributed by atoms with van der Waals surface area (Å²) in [6.45, 7) is 4.94. The van der Waals surface area contributed by atoms with E-state index in [1.165, 1.54) is 18.2 Å². The molecule has 180 valence electrons. The van der Waals surface area contributed by atoms with E-state index >= 15 is 0 Å². The number of H-pyrrole nitrogens is 1. The summed E-state index contributed by atoms with van der Waals surface area (Å²) < 4.78 is 29.7. The van der Waals surface area contributed by atoms with E-state index in [2.05, 4.69) is 15.1 Å². The van der Waals surface area contributed by atoms with Crippen LogP contribution in [-0.4, -0.2) is 24.1 Å². The number of fused-ring (bicyclic) bond motifs is 1. The number of rotatable bonds is 6. The van der Waals surface area contributed by atoms with Gasteiger partial charge in [-0.25, -0.2) is 13.1 Å². The number of carbonyl (C=O) groups excluding carboxylic acids is 1. The van der Waals surface area contributed by atoms with Crippen LogP contribution in [0.3, 0.4) is 0 Å². The fourth-order valence-electron chi connectivity index (χ4n) is 3.80. The molecule has 0 radical (unpaired) electrons. The molecule has 0 atom stereocenters. The van der Waals surface area contributed by atoms with Crippen LogP contribution in [0.15, 0.2) is 75.1 Å². The molecule has 4 rings (SSSR count). The number of anilines is 2. The van der Waals surface area contributed by atoms with Crippen LogP contribution in [0.2, 0.25) is 0 Å². The number of carbonyl (C=O) groups is 1. The van der Waals surface area contributed by atoms with Crippen LogP contribution < -0.4 is 21.2 Å². The van der Waals surface area contributed by atoms with Crippen molar-refractivity contribution < 1.29 is 13.2 Å². The molecule has 0 aliphatic carbocycles. The number of nitrogens with zero attached hydrogens (tertiary/aromatic N) is 1. The van der Waals surface area contributed by atoms with E-state index < -0.39 is 33.6 Å². The fraction of sp³-hybridized carbons (Fsp3) is 0.160. The number of nitrogens with one attached hydrogen (secondary N) is 3. The van der Waals surface area contributed by atoms with Gasteiger partial charge in [0.05, 0.1) is 21.4 Å². The van der Waals surface area contributed by atoms with E-state index in [4.69, 9.17) is 0 Å². The van der Waals surface area contributed by atoms with Gasteiger partial charge in [0.25, 0.3) is 21.1 Å². The highest BCUT2D eigenvalue weighted by Gasteiger charge is 2.19. The van der Waals surface area contributed by atoms with E-state index in [0.29, 0.717) is 11.3 Å². The third-order valence-corrected chi connectivity index (χ3v) is 7.08. The summed E-state index contributed by atoms with van der Waals surface area (Å²) in [5.74, 6) is -0.604. The zero-order chi connectivity index (χ0) is 25.3. The quantitative estimate of drug-likeness (QED) is 0.381. The first-order valence-corrected chi connectivity index (χ1v) is 12.3. The van der Waals surface area contributed by atoms with Crippen molar-refractivity contribution in [2.75, 3.05) is 10.0 Å². The zero-order valence-corrected chi connectivity index (χ0v) is 20.2. The molecule has 0 saturated heterocycles. The second kappa shape index (κ2) is 9.22. The second-order valence-electron chi connectivity index (χ2n) is 8.33. The van der Waals surface area contributed by atoms with Gasteiger partial charge < -0.3 is 5.32 Å². The Morgan fingerprint density at radius 3 is 2.34 bits per heavy atom. The highest BCUT2D eigenvalue weighted by atomic mass is 32.2. The van der Waals surface area contributed by atoms with Crippen molar-refractivity contribution in [1.82, 2.24) is 9.78 Å². The van der Waals surface area contributed by atoms with Crippen LogP contribution in [0, 0.1) is 20.8 Å². The Morgan fingerprint density at radius 1 is 0.914 bits per heavy atom. The molecule has 1 aromatic heterocycles. The maximum Gasteiger partial charge on any atom is 0.273 e. The Balaban J connectivity index is 1.58. The number of aryl methyl sites for hydroxylation is 3. The smallest absolute Gasteiger partial charge is 0.273 e. The first kappa shape index (κ1) is 24.0. The van der Waals surface area contributed by atoms with Gasteiger partial charge in [-0.15, -0.1) is 0 Å². The standard InChI is InChI=1S/C25H24N4O5S/c1-15-8-11-21(17(3)12-15)28-35(33,34)22-13-18(10-9-16(22)2)26-23(30)14-29-25(32)20-7-5-4-6-19(20)24(31)27-29/h4-13,28H,14H2,1-3H3,(H,26,30)(H,27,31). The van der Waals surface area contributed by atoms with Gasteiger partial charge in [0, 0.05) is 5.69 Å². The lowest BCUT2D eigenvalue weighted by Gasteiger charge is -2.14. The molecule has 0 bridgehead atoms. The molecule has 1 amide bonds. The van der Waals surface area contributed by atoms with Crippen LogP contribution in [0.4, 0.5) is 11.4 Å². The summed E-state index contributed by atoms with van der Waals surface area (Å²) in [5.41, 5.74) is 1.98. The van der Waals surface area contributed by atoms with Gasteiger partial charge in [-0.05, 0) is 62.2 Å². The topological polar surface area (TPSA) is 130 Å². The van der Waals surface area contributed by atoms with Crippen molar-refractivity contribution in [3.8, 4) is 0 Å². The third-order valence-electron chi connectivity index (χ3n) is 5.57. The zero-order valence-electron chi connectivity index (χ0n) is 19.4. The average molecular weight is 493 g/mol. The number of aromatic nitrogens is 2. The molecular formula is C25H24N4O5S. The summed E-state index contributed by atoms with van der Waals surface area (Å²) in [7, 11) is -3.94. The van der Waals surface area contributed by atoms with Gasteiger partial charge in [0.15, 0.2) is 0 Å². The molecule has 4 aromatic rings. The molecule has 35 heavy (non-hydrogen) atoms. The molecule has 0 saturated carbocycles. The summed E-state index contributed by atoms with van der Waals surface area (Å²) in [6, 6.07) is 16.2. The molecule has 0 fully saturated rings. The average Bonchev–Trinajstić information content (AvgIpc) is 2.80. The van der Waals surface area contributed by atoms with Crippen molar-refractivity contribution in [2.24, 2.45) is 0 Å². The Bertz CT molecular complexity index is 1690. The lowest BCUT2D eigenvalue weighted by molar-refractivity contribution is -0.117. The van der Waals surface area contributed by atoms with E-state index in [1.807, 2.05) is 26.0 Å². The Morgan fingerprint density at radius 2 is 1.63 bits per heavy atom. The van der Waals surface area contributed by atoms with Crippen molar-refractivity contribution in [3.63, 3.8) is 0 Å². The summed E-state index contributed by atoms with van der Waals surface area (Å²) >= 11 is 0. The van der Waals surface area contributed by atoms with E-state index in [9.17, 15) is 22.8 Å². The van der Waals surface area contributed by atoms with E-state index in [-0.39, 0.29) is 21.4 Å². The molecule has 9 nitrogen and oxygen atoms in total. The largest absolute Gasteiger partial charge is 0.324 e. The Kier molecular flexibility index (Phi) is 6.31. The van der Waals surface area contributed by atoms with Gasteiger partial charge in [0.1, 0.15) is 6.54 Å². The monoisotopic (exact) mass is 492 g/mol. The number of sulfonamides is 1. The van der Waals surface area contributed by atoms with Crippen molar-refractivity contribution in [3.05, 3.63) is 98.1 Å². The molecule has 0 spiro atoms. The minimum atomic E-state index is -3.94. The summed E-state index contributed by atoms with van der Waals surface area (Å²) in [6.07, 6.45) is 0. The SMILES string of the molecule is Cc1ccc(NS(=O)(=O)c2cc(NC(=O)Cn3[nH]c(=O)c4ccccc4c3=O)ccc2C)c(C)c1. The predicted octanol–water partition coefficient (Wildman–Crippen LogP) is 3.05. The summed E-state index contributed by atoms with van der Waals surface area (Å²) in [4.78, 5) is 37.5. The first-order chi connectivity index (χ1) is 16.5. The van der Waals surface area contributed by atoms with Gasteiger partial charge in [-0.3, -0.25) is 24.2 Å². The number of amides is 1. The minimum absolute atomic E-state index is 0.00607. The molecule has 0 unspecified atom stereocenters. The molecule has 3 N–H and O–H groups in total. The van der Waals surface area contributed by atoms with Crippen molar-refractivity contribution in [1.29, 1.82) is 0 Å². The van der Waals surface area contributed by atoms with Crippen LogP contribution >= 0.6 is 0 Å². The Labute approximate surface area is 201 Å². The van der Waals surface area contributed by atoms with E-state index in [1.54, 1.807) is 37.3 Å². The van der Waals surface area contributed by atoms with Crippen LogP contribution in [0.5, 0.6) is 0 Å². The second-order valence-corrected chi connectivity index (χ2v) is 9.98. The van der Waals surface area contributed by atoms with Gasteiger partial charge in [0.2, 0.25) is 5.91 Å². The van der Waals surface area contributed by atoms with Gasteiger partial charge in [-0.2, -0.15) is 0 Å². The maximum absolute atomic E-state index is 13.1. The van der Waals surface area contributed by atoms with Gasteiger partial charge in [-0.1, -0.05) is 35.9 Å². The highest BCUT2D eigenvalue weighted by Crippen LogP contribution is 2.25. The molecule has 1 heterocycles. The highest BCUT2D eigenvalue weighted by molar-refractivity contribution is 7.92. The molecule has 10 heteroatoms.